The Hall–Kier alpha value is -0.700. The van der Waals surface area contributed by atoms with E-state index in [9.17, 15) is 0 Å². The largest absolute Gasteiger partial charge is 0.252 e. The summed E-state index contributed by atoms with van der Waals surface area (Å²) in [5.74, 6) is 0. The molecule has 0 aromatic carbocycles. The summed E-state index contributed by atoms with van der Waals surface area (Å²) >= 11 is 2.26. The van der Waals surface area contributed by atoms with Gasteiger partial charge >= 0.3 is 0 Å². The van der Waals surface area contributed by atoms with E-state index in [0.29, 0.717) is 15.3 Å². The lowest BCUT2D eigenvalue weighted by Crippen LogP contribution is -1.98. The Balaban J connectivity index is 3.12. The fourth-order valence-electron chi connectivity index (χ4n) is 0.801. The molecule has 1 rings (SSSR count). The Morgan fingerprint density at radius 2 is 2.33 bits per heavy atom. The van der Waals surface area contributed by atoms with E-state index < -0.39 is 0 Å². The van der Waals surface area contributed by atoms with Crippen LogP contribution in [0.15, 0.2) is 6.20 Å². The van der Waals surface area contributed by atoms with E-state index in [2.05, 4.69) is 32.6 Å². The average molecular weight is 273 g/mol. The van der Waals surface area contributed by atoms with Gasteiger partial charge in [-0.05, 0) is 13.8 Å². The molecule has 0 radical (unpaired) electrons. The van der Waals surface area contributed by atoms with Crippen LogP contribution in [0.3, 0.4) is 0 Å². The van der Waals surface area contributed by atoms with Gasteiger partial charge in [0.2, 0.25) is 0 Å². The Morgan fingerprint density at radius 3 is 2.75 bits per heavy atom. The molecule has 1 aromatic heterocycles. The molecule has 0 bridgehead atoms. The first kappa shape index (κ1) is 9.39. The predicted octanol–water partition coefficient (Wildman–Crippen LogP) is 2.15. The van der Waals surface area contributed by atoms with Crippen LogP contribution in [0.25, 0.3) is 0 Å². The van der Waals surface area contributed by atoms with Crippen LogP contribution in [0.1, 0.15) is 27.9 Å². The fourth-order valence-corrected chi connectivity index (χ4v) is 1.10. The highest BCUT2D eigenvalue weighted by Crippen LogP contribution is 2.19. The second kappa shape index (κ2) is 3.81. The zero-order chi connectivity index (χ0) is 9.14. The summed E-state index contributed by atoms with van der Waals surface area (Å²) in [6.45, 7) is 3.84. The Labute approximate surface area is 85.0 Å². The zero-order valence-corrected chi connectivity index (χ0v) is 9.03. The summed E-state index contributed by atoms with van der Waals surface area (Å²) in [6, 6.07) is 1.99. The monoisotopic (exact) mass is 273 g/mol. The van der Waals surface area contributed by atoms with Crippen LogP contribution in [0.2, 0.25) is 0 Å². The van der Waals surface area contributed by atoms with Gasteiger partial charge in [-0.15, -0.1) is 0 Å². The summed E-state index contributed by atoms with van der Waals surface area (Å²) in [7, 11) is 0. The normalized spacial score (nSPS) is 12.2. The number of halogens is 1. The number of hydrogen-bond donors (Lipinski definition) is 0. The average Bonchev–Trinajstić information content (AvgIpc) is 2.04. The molecule has 0 fully saturated rings. The Bertz CT molecular complexity index is 328. The van der Waals surface area contributed by atoms with Gasteiger partial charge in [-0.1, -0.05) is 22.6 Å². The molecule has 1 unspecified atom stereocenters. The number of nitrogens with zero attached hydrogens (tertiary/aromatic N) is 3. The maximum Gasteiger partial charge on any atom is 0.161 e. The summed E-state index contributed by atoms with van der Waals surface area (Å²) in [6.07, 6.45) is 1.66. The molecule has 1 aromatic rings. The first-order valence-electron chi connectivity index (χ1n) is 3.53. The van der Waals surface area contributed by atoms with Crippen LogP contribution in [-0.4, -0.2) is 9.97 Å². The van der Waals surface area contributed by atoms with Crippen molar-refractivity contribution in [2.24, 2.45) is 0 Å². The molecule has 0 saturated heterocycles. The van der Waals surface area contributed by atoms with Crippen LogP contribution in [0.5, 0.6) is 0 Å². The molecule has 62 valence electrons. The quantitative estimate of drug-likeness (QED) is 0.582. The summed E-state index contributed by atoms with van der Waals surface area (Å²) in [4.78, 5) is 8.24. The standard InChI is InChI=1S/C8H8IN3/c1-5(9)8-4-11-7(3-10)6(2)12-8/h4-5H,1-2H3. The summed E-state index contributed by atoms with van der Waals surface area (Å²) < 4.78 is 0.335. The fraction of sp³-hybridized carbons (Fsp3) is 0.375. The minimum atomic E-state index is 0.335. The molecule has 12 heavy (non-hydrogen) atoms. The molecule has 0 aliphatic heterocycles. The maximum absolute atomic E-state index is 8.59. The van der Waals surface area contributed by atoms with E-state index in [4.69, 9.17) is 5.26 Å². The molecule has 1 atom stereocenters. The van der Waals surface area contributed by atoms with Gasteiger partial charge in [0.1, 0.15) is 6.07 Å². The highest BCUT2D eigenvalue weighted by Gasteiger charge is 2.05. The Morgan fingerprint density at radius 1 is 1.67 bits per heavy atom. The van der Waals surface area contributed by atoms with Crippen LogP contribution in [0, 0.1) is 18.3 Å². The minimum Gasteiger partial charge on any atom is -0.252 e. The van der Waals surface area contributed by atoms with Crippen molar-refractivity contribution < 1.29 is 0 Å². The number of nitriles is 1. The molecule has 0 spiro atoms. The van der Waals surface area contributed by atoms with Crippen molar-refractivity contribution in [3.05, 3.63) is 23.3 Å². The van der Waals surface area contributed by atoms with Gasteiger partial charge in [-0.2, -0.15) is 5.26 Å². The van der Waals surface area contributed by atoms with E-state index in [0.717, 1.165) is 5.69 Å². The van der Waals surface area contributed by atoms with Gasteiger partial charge in [0.15, 0.2) is 5.69 Å². The lowest BCUT2D eigenvalue weighted by Gasteiger charge is -2.02. The van der Waals surface area contributed by atoms with E-state index in [1.165, 1.54) is 0 Å². The lowest BCUT2D eigenvalue weighted by molar-refractivity contribution is 0.960. The van der Waals surface area contributed by atoms with Crippen LogP contribution in [0.4, 0.5) is 0 Å². The Kier molecular flexibility index (Phi) is 2.98. The topological polar surface area (TPSA) is 49.6 Å². The van der Waals surface area contributed by atoms with Gasteiger partial charge in [0, 0.05) is 0 Å². The van der Waals surface area contributed by atoms with Crippen molar-refractivity contribution >= 4 is 22.6 Å². The molecule has 0 N–H and O–H groups in total. The molecule has 0 aliphatic carbocycles. The smallest absolute Gasteiger partial charge is 0.161 e. The van der Waals surface area contributed by atoms with Gasteiger partial charge in [-0.3, -0.25) is 4.98 Å². The minimum absolute atomic E-state index is 0.335. The number of aromatic nitrogens is 2. The maximum atomic E-state index is 8.59. The van der Waals surface area contributed by atoms with E-state index in [1.54, 1.807) is 13.1 Å². The second-order valence-electron chi connectivity index (χ2n) is 2.46. The summed E-state index contributed by atoms with van der Waals surface area (Å²) in [5.41, 5.74) is 2.04. The van der Waals surface area contributed by atoms with Crippen molar-refractivity contribution in [1.82, 2.24) is 9.97 Å². The molecule has 0 aliphatic rings. The summed E-state index contributed by atoms with van der Waals surface area (Å²) in [5, 5.41) is 8.59. The third kappa shape index (κ3) is 1.91. The van der Waals surface area contributed by atoms with Crippen molar-refractivity contribution in [2.75, 3.05) is 0 Å². The number of alkyl halides is 1. The van der Waals surface area contributed by atoms with Crippen LogP contribution in [-0.2, 0) is 0 Å². The number of rotatable bonds is 1. The first-order chi connectivity index (χ1) is 5.65. The van der Waals surface area contributed by atoms with Crippen molar-refractivity contribution in [2.45, 2.75) is 17.8 Å². The molecule has 4 heteroatoms. The molecule has 1 heterocycles. The highest BCUT2D eigenvalue weighted by atomic mass is 127. The van der Waals surface area contributed by atoms with Gasteiger partial charge < -0.3 is 0 Å². The van der Waals surface area contributed by atoms with Gasteiger partial charge in [0.25, 0.3) is 0 Å². The van der Waals surface area contributed by atoms with Crippen molar-refractivity contribution in [3.63, 3.8) is 0 Å². The molecular weight excluding hydrogens is 265 g/mol. The van der Waals surface area contributed by atoms with Crippen LogP contribution >= 0.6 is 22.6 Å². The third-order valence-corrected chi connectivity index (χ3v) is 2.12. The highest BCUT2D eigenvalue weighted by molar-refractivity contribution is 14.1. The van der Waals surface area contributed by atoms with Gasteiger partial charge in [0.05, 0.1) is 21.5 Å². The third-order valence-electron chi connectivity index (χ3n) is 1.48. The SMILES string of the molecule is Cc1nc(C(C)I)cnc1C#N. The predicted molar refractivity (Wildman–Crippen MR) is 53.9 cm³/mol. The lowest BCUT2D eigenvalue weighted by atomic mass is 10.3. The van der Waals surface area contributed by atoms with E-state index in [1.807, 2.05) is 13.0 Å². The second-order valence-corrected chi connectivity index (χ2v) is 4.33. The molecule has 0 amide bonds. The van der Waals surface area contributed by atoms with Crippen LogP contribution < -0.4 is 0 Å². The molecule has 3 nitrogen and oxygen atoms in total. The van der Waals surface area contributed by atoms with E-state index in [-0.39, 0.29) is 0 Å². The van der Waals surface area contributed by atoms with Crippen molar-refractivity contribution in [3.8, 4) is 6.07 Å². The van der Waals surface area contributed by atoms with Gasteiger partial charge in [-0.25, -0.2) is 4.98 Å². The number of hydrogen-bond acceptors (Lipinski definition) is 3. The van der Waals surface area contributed by atoms with Crippen molar-refractivity contribution in [1.29, 1.82) is 5.26 Å². The first-order valence-corrected chi connectivity index (χ1v) is 4.77. The van der Waals surface area contributed by atoms with E-state index >= 15 is 0 Å². The number of aryl methyl sites for hydroxylation is 1. The zero-order valence-electron chi connectivity index (χ0n) is 6.87. The molecular formula is C8H8IN3. The molecule has 0 saturated carbocycles.